The molecule has 2 aromatic heterocycles. The molecule has 0 radical (unpaired) electrons. The summed E-state index contributed by atoms with van der Waals surface area (Å²) in [4.78, 5) is 0. The maximum atomic E-state index is 2.47. The highest BCUT2D eigenvalue weighted by Gasteiger charge is 2.14. The first-order chi connectivity index (χ1) is 16.7. The van der Waals surface area contributed by atoms with Crippen molar-refractivity contribution in [3.8, 4) is 11.1 Å². The third kappa shape index (κ3) is 3.93. The Bertz CT molecular complexity index is 1610. The molecule has 0 fully saturated rings. The minimum atomic E-state index is 1.08. The molecule has 0 saturated heterocycles. The van der Waals surface area contributed by atoms with Gasteiger partial charge in [0.15, 0.2) is 0 Å². The molecule has 2 heterocycles. The van der Waals surface area contributed by atoms with Crippen molar-refractivity contribution < 1.29 is 0 Å². The largest absolute Gasteiger partial charge is 0.134 e. The summed E-state index contributed by atoms with van der Waals surface area (Å²) in [5.74, 6) is 0. The highest BCUT2D eigenvalue weighted by Crippen LogP contribution is 2.45. The monoisotopic (exact) mass is 478 g/mol. The van der Waals surface area contributed by atoms with Crippen LogP contribution in [0.1, 0.15) is 50.7 Å². The Kier molecular flexibility index (Phi) is 5.89. The molecule has 0 aliphatic rings. The first-order valence-electron chi connectivity index (χ1n) is 12.6. The minimum absolute atomic E-state index is 1.08. The zero-order valence-electron chi connectivity index (χ0n) is 20.0. The van der Waals surface area contributed by atoms with Crippen LogP contribution in [0.25, 0.3) is 51.5 Å². The molecule has 0 saturated carbocycles. The summed E-state index contributed by atoms with van der Waals surface area (Å²) in [5, 5.41) is 5.53. The topological polar surface area (TPSA) is 0 Å². The van der Waals surface area contributed by atoms with Crippen molar-refractivity contribution in [1.82, 2.24) is 0 Å². The quantitative estimate of drug-likeness (QED) is 0.200. The van der Waals surface area contributed by atoms with E-state index in [9.17, 15) is 0 Å². The number of thiophene rings is 2. The molecule has 4 aromatic carbocycles. The van der Waals surface area contributed by atoms with Crippen molar-refractivity contribution in [1.29, 1.82) is 0 Å². The van der Waals surface area contributed by atoms with Crippen LogP contribution in [0, 0.1) is 0 Å². The van der Waals surface area contributed by atoms with Gasteiger partial charge in [-0.1, -0.05) is 75.6 Å². The first kappa shape index (κ1) is 21.8. The summed E-state index contributed by atoms with van der Waals surface area (Å²) in [7, 11) is 0. The third-order valence-electron chi connectivity index (χ3n) is 7.12. The van der Waals surface area contributed by atoms with Gasteiger partial charge in [-0.15, -0.1) is 22.7 Å². The van der Waals surface area contributed by atoms with Gasteiger partial charge >= 0.3 is 0 Å². The van der Waals surface area contributed by atoms with Gasteiger partial charge in [-0.05, 0) is 82.6 Å². The maximum absolute atomic E-state index is 2.47. The zero-order valence-corrected chi connectivity index (χ0v) is 21.6. The lowest BCUT2D eigenvalue weighted by molar-refractivity contribution is 0.667. The van der Waals surface area contributed by atoms with E-state index < -0.39 is 0 Å². The Morgan fingerprint density at radius 1 is 0.559 bits per heavy atom. The lowest BCUT2D eigenvalue weighted by atomic mass is 9.99. The average Bonchev–Trinajstić information content (AvgIpc) is 3.40. The van der Waals surface area contributed by atoms with Gasteiger partial charge in [0.2, 0.25) is 0 Å². The summed E-state index contributed by atoms with van der Waals surface area (Å²) in [6.45, 7) is 4.49. The second-order valence-corrected chi connectivity index (χ2v) is 11.6. The van der Waals surface area contributed by atoms with Crippen molar-refractivity contribution in [2.45, 2.75) is 52.4 Å². The molecule has 34 heavy (non-hydrogen) atoms. The van der Waals surface area contributed by atoms with Gasteiger partial charge in [0, 0.05) is 20.2 Å². The lowest BCUT2D eigenvalue weighted by Crippen LogP contribution is -1.85. The number of hydrogen-bond acceptors (Lipinski definition) is 2. The molecule has 170 valence electrons. The fourth-order valence-electron chi connectivity index (χ4n) is 5.07. The molecular formula is C32H30S2. The second kappa shape index (κ2) is 9.17. The number of aryl methyl sites for hydroxylation is 2. The van der Waals surface area contributed by atoms with Crippen LogP contribution in [0.3, 0.4) is 0 Å². The van der Waals surface area contributed by atoms with Crippen molar-refractivity contribution >= 4 is 63.0 Å². The molecule has 0 unspecified atom stereocenters. The smallest absolute Gasteiger partial charge is 0.0542 e. The standard InChI is InChI=1S/C32H30S2/c1-3-5-6-7-8-22-11-16-29-27(17-22)31-32(33-29)28-19-26-18-24(14-15-25(26)20-30(28)34-31)23-12-9-21(4-2)10-13-23/h9-20H,3-8H2,1-2H3. The van der Waals surface area contributed by atoms with Crippen LogP contribution in [0.5, 0.6) is 0 Å². The Morgan fingerprint density at radius 3 is 2.09 bits per heavy atom. The van der Waals surface area contributed by atoms with Crippen molar-refractivity contribution in [2.24, 2.45) is 0 Å². The molecule has 0 nitrogen and oxygen atoms in total. The predicted molar refractivity (Wildman–Crippen MR) is 155 cm³/mol. The van der Waals surface area contributed by atoms with Crippen molar-refractivity contribution in [2.75, 3.05) is 0 Å². The van der Waals surface area contributed by atoms with Gasteiger partial charge in [-0.2, -0.15) is 0 Å². The maximum Gasteiger partial charge on any atom is 0.0542 e. The van der Waals surface area contributed by atoms with Crippen LogP contribution in [-0.2, 0) is 12.8 Å². The molecule has 2 heteroatoms. The third-order valence-corrected chi connectivity index (χ3v) is 9.64. The Labute approximate surface area is 209 Å². The number of rotatable bonds is 7. The summed E-state index contributed by atoms with van der Waals surface area (Å²) in [6.07, 6.45) is 7.57. The molecule has 0 atom stereocenters. The van der Waals surface area contributed by atoms with Crippen LogP contribution in [-0.4, -0.2) is 0 Å². The van der Waals surface area contributed by atoms with Gasteiger partial charge in [0.25, 0.3) is 0 Å². The predicted octanol–water partition coefficient (Wildman–Crippen LogP) is 10.8. The summed E-state index contributed by atoms with van der Waals surface area (Å²) >= 11 is 3.93. The van der Waals surface area contributed by atoms with Gasteiger partial charge in [-0.3, -0.25) is 0 Å². The van der Waals surface area contributed by atoms with Crippen molar-refractivity contribution in [3.63, 3.8) is 0 Å². The molecule has 6 aromatic rings. The van der Waals surface area contributed by atoms with E-state index in [4.69, 9.17) is 0 Å². The van der Waals surface area contributed by atoms with Gasteiger partial charge in [0.05, 0.1) is 9.40 Å². The number of benzene rings is 4. The molecular weight excluding hydrogens is 448 g/mol. The highest BCUT2D eigenvalue weighted by molar-refractivity contribution is 7.36. The highest BCUT2D eigenvalue weighted by atomic mass is 32.1. The molecule has 0 spiro atoms. The van der Waals surface area contributed by atoms with E-state index in [0.717, 1.165) is 6.42 Å². The van der Waals surface area contributed by atoms with Crippen LogP contribution < -0.4 is 0 Å². The normalized spacial score (nSPS) is 11.9. The number of unbranched alkanes of at least 4 members (excludes halogenated alkanes) is 3. The molecule has 0 N–H and O–H groups in total. The molecule has 0 amide bonds. The van der Waals surface area contributed by atoms with Crippen molar-refractivity contribution in [3.05, 3.63) is 83.9 Å². The van der Waals surface area contributed by atoms with Gasteiger partial charge in [-0.25, -0.2) is 0 Å². The van der Waals surface area contributed by atoms with Gasteiger partial charge in [0.1, 0.15) is 0 Å². The molecule has 0 aliphatic heterocycles. The van der Waals surface area contributed by atoms with Crippen LogP contribution in [0.15, 0.2) is 72.8 Å². The Morgan fingerprint density at radius 2 is 1.29 bits per heavy atom. The minimum Gasteiger partial charge on any atom is -0.134 e. The van der Waals surface area contributed by atoms with Crippen LogP contribution >= 0.6 is 22.7 Å². The fraction of sp³-hybridized carbons (Fsp3) is 0.250. The zero-order chi connectivity index (χ0) is 23.1. The van der Waals surface area contributed by atoms with E-state index in [1.807, 2.05) is 22.7 Å². The molecule has 0 aliphatic carbocycles. The lowest BCUT2D eigenvalue weighted by Gasteiger charge is -2.06. The number of fused-ring (bicyclic) bond motifs is 6. The Balaban J connectivity index is 1.42. The molecule has 6 rings (SSSR count). The van der Waals surface area contributed by atoms with E-state index in [2.05, 4.69) is 86.6 Å². The molecule has 0 bridgehead atoms. The second-order valence-electron chi connectivity index (χ2n) is 9.46. The summed E-state index contributed by atoms with van der Waals surface area (Å²) in [6, 6.07) is 27.9. The first-order valence-corrected chi connectivity index (χ1v) is 14.3. The average molecular weight is 479 g/mol. The summed E-state index contributed by atoms with van der Waals surface area (Å²) < 4.78 is 5.75. The van der Waals surface area contributed by atoms with E-state index in [1.165, 1.54) is 94.7 Å². The SMILES string of the molecule is CCCCCCc1ccc2sc3c4cc5cc(-c6ccc(CC)cc6)ccc5cc4sc3c2c1. The van der Waals surface area contributed by atoms with E-state index >= 15 is 0 Å². The van der Waals surface area contributed by atoms with Crippen LogP contribution in [0.4, 0.5) is 0 Å². The fourth-order valence-corrected chi connectivity index (χ4v) is 7.72. The summed E-state index contributed by atoms with van der Waals surface area (Å²) in [5.41, 5.74) is 5.47. The van der Waals surface area contributed by atoms with Crippen LogP contribution in [0.2, 0.25) is 0 Å². The van der Waals surface area contributed by atoms with E-state index in [-0.39, 0.29) is 0 Å². The number of hydrogen-bond donors (Lipinski definition) is 0. The van der Waals surface area contributed by atoms with Gasteiger partial charge < -0.3 is 0 Å². The van der Waals surface area contributed by atoms with E-state index in [0.29, 0.717) is 0 Å². The Hall–Kier alpha value is -2.68. The van der Waals surface area contributed by atoms with E-state index in [1.54, 1.807) is 0 Å².